The van der Waals surface area contributed by atoms with E-state index in [1.807, 2.05) is 30.3 Å². The third-order valence-corrected chi connectivity index (χ3v) is 4.97. The van der Waals surface area contributed by atoms with Crippen molar-refractivity contribution >= 4 is 21.7 Å². The van der Waals surface area contributed by atoms with Gasteiger partial charge in [0.1, 0.15) is 12.1 Å². The van der Waals surface area contributed by atoms with Crippen LogP contribution in [0, 0.1) is 0 Å². The molecule has 2 N–H and O–H groups in total. The summed E-state index contributed by atoms with van der Waals surface area (Å²) in [5.74, 6) is 0.458. The van der Waals surface area contributed by atoms with Crippen molar-refractivity contribution in [3.8, 4) is 0 Å². The SMILES string of the molecule is C[C@H](C[NH2+]Cc1cc(=O)oc2ccc3ccccc3c12)c1ccccc1. The molecule has 0 unspecified atom stereocenters. The summed E-state index contributed by atoms with van der Waals surface area (Å²) >= 11 is 0. The molecule has 0 aliphatic carbocycles. The Labute approximate surface area is 152 Å². The quantitative estimate of drug-likeness (QED) is 0.442. The number of hydrogen-bond acceptors (Lipinski definition) is 2. The number of rotatable bonds is 5. The maximum atomic E-state index is 12.0. The number of hydrogen-bond donors (Lipinski definition) is 1. The van der Waals surface area contributed by atoms with Crippen LogP contribution in [-0.2, 0) is 6.54 Å². The van der Waals surface area contributed by atoms with Gasteiger partial charge in [0.05, 0.1) is 6.54 Å². The molecule has 0 fully saturated rings. The molecule has 1 heterocycles. The van der Waals surface area contributed by atoms with Crippen LogP contribution in [0.2, 0.25) is 0 Å². The van der Waals surface area contributed by atoms with E-state index in [2.05, 4.69) is 48.6 Å². The fourth-order valence-corrected chi connectivity index (χ4v) is 3.59. The van der Waals surface area contributed by atoms with Gasteiger partial charge < -0.3 is 9.73 Å². The van der Waals surface area contributed by atoms with E-state index < -0.39 is 0 Å². The first-order valence-electron chi connectivity index (χ1n) is 9.03. The lowest BCUT2D eigenvalue weighted by Crippen LogP contribution is -2.83. The largest absolute Gasteiger partial charge is 0.423 e. The molecule has 0 saturated heterocycles. The second-order valence-corrected chi connectivity index (χ2v) is 6.79. The van der Waals surface area contributed by atoms with E-state index in [4.69, 9.17) is 4.42 Å². The molecular formula is C23H22NO2+. The van der Waals surface area contributed by atoms with Gasteiger partial charge in [0.25, 0.3) is 0 Å². The molecule has 0 aliphatic heterocycles. The van der Waals surface area contributed by atoms with Gasteiger partial charge in [-0.05, 0) is 22.4 Å². The highest BCUT2D eigenvalue weighted by Crippen LogP contribution is 2.26. The highest BCUT2D eigenvalue weighted by molar-refractivity contribution is 6.06. The number of benzene rings is 3. The molecule has 0 aliphatic rings. The zero-order valence-corrected chi connectivity index (χ0v) is 14.8. The molecule has 0 saturated carbocycles. The molecule has 0 spiro atoms. The fraction of sp³-hybridized carbons (Fsp3) is 0.174. The minimum atomic E-state index is -0.285. The van der Waals surface area contributed by atoms with Crippen LogP contribution in [0.4, 0.5) is 0 Å². The average molecular weight is 344 g/mol. The zero-order valence-electron chi connectivity index (χ0n) is 14.8. The summed E-state index contributed by atoms with van der Waals surface area (Å²) < 4.78 is 5.44. The van der Waals surface area contributed by atoms with Crippen LogP contribution >= 0.6 is 0 Å². The van der Waals surface area contributed by atoms with Crippen LogP contribution in [0.5, 0.6) is 0 Å². The van der Waals surface area contributed by atoms with Crippen LogP contribution in [0.15, 0.2) is 82.0 Å². The Balaban J connectivity index is 1.63. The number of nitrogens with two attached hydrogens (primary N) is 1. The van der Waals surface area contributed by atoms with Gasteiger partial charge in [-0.2, -0.15) is 0 Å². The first kappa shape index (κ1) is 16.6. The van der Waals surface area contributed by atoms with Crippen LogP contribution in [0.25, 0.3) is 21.7 Å². The van der Waals surface area contributed by atoms with Gasteiger partial charge in [-0.25, -0.2) is 4.79 Å². The van der Waals surface area contributed by atoms with Crippen LogP contribution in [0.1, 0.15) is 24.0 Å². The van der Waals surface area contributed by atoms with Gasteiger partial charge in [0.15, 0.2) is 0 Å². The van der Waals surface area contributed by atoms with Gasteiger partial charge in [-0.1, -0.05) is 67.6 Å². The molecule has 3 heteroatoms. The Hall–Kier alpha value is -2.91. The van der Waals surface area contributed by atoms with E-state index in [1.54, 1.807) is 6.07 Å². The van der Waals surface area contributed by atoms with E-state index in [1.165, 1.54) is 5.56 Å². The van der Waals surface area contributed by atoms with Crippen molar-refractivity contribution in [1.82, 2.24) is 0 Å². The fourth-order valence-electron chi connectivity index (χ4n) is 3.59. The summed E-state index contributed by atoms with van der Waals surface area (Å²) in [6, 6.07) is 24.3. The van der Waals surface area contributed by atoms with E-state index in [9.17, 15) is 4.79 Å². The highest BCUT2D eigenvalue weighted by Gasteiger charge is 2.12. The summed E-state index contributed by atoms with van der Waals surface area (Å²) in [5.41, 5.74) is 2.75. The van der Waals surface area contributed by atoms with Crippen LogP contribution in [0.3, 0.4) is 0 Å². The Bertz CT molecular complexity index is 1100. The van der Waals surface area contributed by atoms with E-state index in [-0.39, 0.29) is 5.63 Å². The highest BCUT2D eigenvalue weighted by atomic mass is 16.4. The Morgan fingerprint density at radius 2 is 1.73 bits per heavy atom. The van der Waals surface area contributed by atoms with Gasteiger partial charge >= 0.3 is 5.63 Å². The molecule has 0 radical (unpaired) electrons. The van der Waals surface area contributed by atoms with Gasteiger partial charge in [0.2, 0.25) is 0 Å². The molecule has 1 aromatic heterocycles. The average Bonchev–Trinajstić information content (AvgIpc) is 2.68. The molecule has 3 nitrogen and oxygen atoms in total. The summed E-state index contributed by atoms with van der Waals surface area (Å²) in [7, 11) is 0. The second-order valence-electron chi connectivity index (χ2n) is 6.79. The molecule has 4 rings (SSSR count). The van der Waals surface area contributed by atoms with Crippen LogP contribution < -0.4 is 10.9 Å². The van der Waals surface area contributed by atoms with E-state index in [0.29, 0.717) is 11.5 Å². The molecule has 26 heavy (non-hydrogen) atoms. The lowest BCUT2D eigenvalue weighted by atomic mass is 10.00. The molecule has 0 bridgehead atoms. The van der Waals surface area contributed by atoms with Crippen molar-refractivity contribution in [3.63, 3.8) is 0 Å². The van der Waals surface area contributed by atoms with Crippen LogP contribution in [-0.4, -0.2) is 6.54 Å². The topological polar surface area (TPSA) is 46.8 Å². The first-order valence-corrected chi connectivity index (χ1v) is 9.03. The van der Waals surface area contributed by atoms with Crippen molar-refractivity contribution in [1.29, 1.82) is 0 Å². The monoisotopic (exact) mass is 344 g/mol. The Morgan fingerprint density at radius 1 is 0.962 bits per heavy atom. The second kappa shape index (κ2) is 7.14. The molecule has 1 atom stereocenters. The zero-order chi connectivity index (χ0) is 17.9. The normalized spacial score (nSPS) is 12.5. The maximum absolute atomic E-state index is 12.0. The summed E-state index contributed by atoms with van der Waals surface area (Å²) in [6.45, 7) is 3.96. The maximum Gasteiger partial charge on any atom is 0.336 e. The summed E-state index contributed by atoms with van der Waals surface area (Å²) in [4.78, 5) is 12.0. The Morgan fingerprint density at radius 3 is 2.58 bits per heavy atom. The number of quaternary nitrogens is 1. The smallest absolute Gasteiger partial charge is 0.336 e. The standard InChI is InChI=1S/C23H21NO2/c1-16(17-7-3-2-4-8-17)14-24-15-19-13-22(25)26-21-12-11-18-9-5-6-10-20(18)23(19)21/h2-13,16,24H,14-15H2,1H3/p+1/t16-/m1/s1. The minimum Gasteiger partial charge on any atom is -0.423 e. The Kier molecular flexibility index (Phi) is 4.55. The minimum absolute atomic E-state index is 0.285. The van der Waals surface area contributed by atoms with Crippen molar-refractivity contribution < 1.29 is 9.73 Å². The molecule has 3 aromatic carbocycles. The van der Waals surface area contributed by atoms with Crippen molar-refractivity contribution in [2.75, 3.05) is 6.54 Å². The third kappa shape index (κ3) is 3.26. The van der Waals surface area contributed by atoms with Crippen molar-refractivity contribution in [2.24, 2.45) is 0 Å². The first-order chi connectivity index (χ1) is 12.7. The predicted octanol–water partition coefficient (Wildman–Crippen LogP) is 3.81. The number of fused-ring (bicyclic) bond motifs is 3. The third-order valence-electron chi connectivity index (χ3n) is 4.97. The van der Waals surface area contributed by atoms with Crippen molar-refractivity contribution in [3.05, 3.63) is 94.3 Å². The molecular weight excluding hydrogens is 322 g/mol. The lowest BCUT2D eigenvalue weighted by molar-refractivity contribution is -0.672. The van der Waals surface area contributed by atoms with Gasteiger partial charge in [-0.3, -0.25) is 0 Å². The molecule has 4 aromatic rings. The summed E-state index contributed by atoms with van der Waals surface area (Å²) in [6.07, 6.45) is 0. The van der Waals surface area contributed by atoms with E-state index >= 15 is 0 Å². The van der Waals surface area contributed by atoms with E-state index in [0.717, 1.165) is 34.8 Å². The lowest BCUT2D eigenvalue weighted by Gasteiger charge is -2.12. The predicted molar refractivity (Wildman–Crippen MR) is 105 cm³/mol. The van der Waals surface area contributed by atoms with Crippen molar-refractivity contribution in [2.45, 2.75) is 19.4 Å². The molecule has 0 amide bonds. The van der Waals surface area contributed by atoms with Gasteiger partial charge in [0, 0.05) is 22.9 Å². The summed E-state index contributed by atoms with van der Waals surface area (Å²) in [5, 5.41) is 5.61. The molecule has 130 valence electrons. The van der Waals surface area contributed by atoms with Gasteiger partial charge in [-0.15, -0.1) is 0 Å².